The van der Waals surface area contributed by atoms with Gasteiger partial charge >= 0.3 is 0 Å². The number of nitrogens with zero attached hydrogens (tertiary/aromatic N) is 4. The number of likely N-dealkylation sites (tertiary alicyclic amines) is 1. The molecule has 3 heterocycles. The molecule has 0 spiro atoms. The van der Waals surface area contributed by atoms with E-state index in [-0.39, 0.29) is 5.91 Å². The van der Waals surface area contributed by atoms with Gasteiger partial charge in [-0.05, 0) is 37.8 Å². The number of amides is 1. The molecule has 27 heavy (non-hydrogen) atoms. The maximum Gasteiger partial charge on any atom is 0.270 e. The van der Waals surface area contributed by atoms with Gasteiger partial charge < -0.3 is 14.0 Å². The lowest BCUT2D eigenvalue weighted by Crippen LogP contribution is -2.41. The molecule has 140 valence electrons. The first-order valence-corrected chi connectivity index (χ1v) is 9.61. The van der Waals surface area contributed by atoms with Gasteiger partial charge in [-0.25, -0.2) is 4.98 Å². The molecule has 0 radical (unpaired) electrons. The number of carbonyl (C=O) groups is 1. The summed E-state index contributed by atoms with van der Waals surface area (Å²) in [5, 5.41) is 0. The monoisotopic (exact) mass is 362 g/mol. The summed E-state index contributed by atoms with van der Waals surface area (Å²) in [6.07, 6.45) is 6.06. The first-order valence-electron chi connectivity index (χ1n) is 9.61. The molecule has 1 aromatic carbocycles. The van der Waals surface area contributed by atoms with Crippen LogP contribution >= 0.6 is 0 Å². The number of aryl methyl sites for hydroxylation is 2. The van der Waals surface area contributed by atoms with Crippen molar-refractivity contribution in [3.05, 3.63) is 66.2 Å². The number of aromatic nitrogens is 3. The predicted molar refractivity (Wildman–Crippen MR) is 106 cm³/mol. The van der Waals surface area contributed by atoms with E-state index in [1.54, 1.807) is 0 Å². The van der Waals surface area contributed by atoms with Crippen LogP contribution in [0.4, 0.5) is 0 Å². The Morgan fingerprint density at radius 2 is 2.00 bits per heavy atom. The smallest absolute Gasteiger partial charge is 0.270 e. The van der Waals surface area contributed by atoms with Crippen molar-refractivity contribution in [3.63, 3.8) is 0 Å². The fraction of sp³-hybridized carbons (Fsp3) is 0.364. The van der Waals surface area contributed by atoms with Crippen LogP contribution in [-0.4, -0.2) is 38.0 Å². The van der Waals surface area contributed by atoms with Crippen LogP contribution in [0.3, 0.4) is 0 Å². The largest absolute Gasteiger partial charge is 0.347 e. The normalized spacial score (nSPS) is 17.3. The first-order chi connectivity index (χ1) is 13.1. The van der Waals surface area contributed by atoms with Crippen LogP contribution < -0.4 is 0 Å². The van der Waals surface area contributed by atoms with Crippen molar-refractivity contribution < 1.29 is 4.79 Å². The number of rotatable bonds is 4. The summed E-state index contributed by atoms with van der Waals surface area (Å²) in [5.74, 6) is 1.59. The number of piperidine rings is 1. The van der Waals surface area contributed by atoms with Gasteiger partial charge in [0.05, 0.1) is 0 Å². The van der Waals surface area contributed by atoms with Gasteiger partial charge in [0.1, 0.15) is 11.5 Å². The number of hydrogen-bond donors (Lipinski definition) is 0. The molecule has 1 aliphatic rings. The first kappa shape index (κ1) is 17.6. The molecule has 0 bridgehead atoms. The Kier molecular flexibility index (Phi) is 4.84. The molecule has 5 heteroatoms. The van der Waals surface area contributed by atoms with Crippen molar-refractivity contribution in [1.29, 1.82) is 0 Å². The van der Waals surface area contributed by atoms with Crippen LogP contribution in [0.15, 0.2) is 54.9 Å². The number of imidazole rings is 1. The van der Waals surface area contributed by atoms with E-state index in [9.17, 15) is 4.79 Å². The second-order valence-electron chi connectivity index (χ2n) is 7.46. The van der Waals surface area contributed by atoms with E-state index < -0.39 is 0 Å². The molecule has 0 saturated carbocycles. The Morgan fingerprint density at radius 3 is 2.74 bits per heavy atom. The van der Waals surface area contributed by atoms with Crippen LogP contribution in [0.5, 0.6) is 0 Å². The maximum absolute atomic E-state index is 12.9. The van der Waals surface area contributed by atoms with E-state index in [1.807, 2.05) is 59.2 Å². The van der Waals surface area contributed by atoms with Gasteiger partial charge in [0.2, 0.25) is 0 Å². The quantitative estimate of drug-likeness (QED) is 0.709. The number of carbonyl (C=O) groups excluding carboxylic acids is 1. The minimum Gasteiger partial charge on any atom is -0.347 e. The zero-order chi connectivity index (χ0) is 18.8. The Bertz CT molecular complexity index is 925. The summed E-state index contributed by atoms with van der Waals surface area (Å²) in [5.41, 5.74) is 3.07. The maximum atomic E-state index is 12.9. The third-order valence-corrected chi connectivity index (χ3v) is 5.50. The van der Waals surface area contributed by atoms with Gasteiger partial charge in [0.25, 0.3) is 5.91 Å². The third-order valence-electron chi connectivity index (χ3n) is 5.50. The second-order valence-corrected chi connectivity index (χ2v) is 7.46. The van der Waals surface area contributed by atoms with Crippen molar-refractivity contribution >= 4 is 5.91 Å². The van der Waals surface area contributed by atoms with E-state index in [1.165, 1.54) is 5.69 Å². The fourth-order valence-electron chi connectivity index (χ4n) is 4.01. The van der Waals surface area contributed by atoms with Crippen LogP contribution in [0.2, 0.25) is 0 Å². The predicted octanol–water partition coefficient (Wildman–Crippen LogP) is 3.75. The van der Waals surface area contributed by atoms with Crippen molar-refractivity contribution in [1.82, 2.24) is 19.0 Å². The number of benzene rings is 1. The van der Waals surface area contributed by atoms with Crippen LogP contribution in [0, 0.1) is 12.8 Å². The minimum atomic E-state index is 0.137. The Balaban J connectivity index is 1.51. The zero-order valence-corrected chi connectivity index (χ0v) is 16.0. The lowest BCUT2D eigenvalue weighted by molar-refractivity contribution is 0.0653. The molecule has 5 nitrogen and oxygen atoms in total. The highest BCUT2D eigenvalue weighted by molar-refractivity contribution is 5.92. The van der Waals surface area contributed by atoms with Crippen molar-refractivity contribution in [2.24, 2.45) is 13.0 Å². The number of hydrogen-bond acceptors (Lipinski definition) is 2. The van der Waals surface area contributed by atoms with Gasteiger partial charge in [0, 0.05) is 50.3 Å². The van der Waals surface area contributed by atoms with Gasteiger partial charge in [0.15, 0.2) is 0 Å². The highest BCUT2D eigenvalue weighted by Crippen LogP contribution is 2.25. The Labute approximate surface area is 160 Å². The molecule has 1 unspecified atom stereocenters. The molecule has 1 saturated heterocycles. The standard InChI is InChI=1S/C22H26N4O/c1-17-14-23-21(19-9-4-3-5-10-19)26(17)16-18-8-6-13-25(15-18)22(27)20-11-7-12-24(20)2/h3-5,7,9-12,14,18H,6,8,13,15-16H2,1-2H3. The molecular formula is C22H26N4O. The third kappa shape index (κ3) is 3.54. The second kappa shape index (κ2) is 7.43. The topological polar surface area (TPSA) is 43.1 Å². The van der Waals surface area contributed by atoms with Crippen molar-refractivity contribution in [2.45, 2.75) is 26.3 Å². The average Bonchev–Trinajstić information content (AvgIpc) is 3.28. The van der Waals surface area contributed by atoms with E-state index in [0.717, 1.165) is 49.6 Å². The minimum absolute atomic E-state index is 0.137. The Morgan fingerprint density at radius 1 is 1.19 bits per heavy atom. The summed E-state index contributed by atoms with van der Waals surface area (Å²) in [7, 11) is 1.93. The molecule has 3 aromatic rings. The van der Waals surface area contributed by atoms with E-state index >= 15 is 0 Å². The lowest BCUT2D eigenvalue weighted by Gasteiger charge is -2.33. The molecule has 1 aliphatic heterocycles. The van der Waals surface area contributed by atoms with Crippen LogP contribution in [0.25, 0.3) is 11.4 Å². The SMILES string of the molecule is Cc1cnc(-c2ccccc2)n1CC1CCCN(C(=O)c2cccn2C)C1. The summed E-state index contributed by atoms with van der Waals surface area (Å²) < 4.78 is 4.20. The Hall–Kier alpha value is -2.82. The fourth-order valence-corrected chi connectivity index (χ4v) is 4.01. The molecule has 2 aromatic heterocycles. The summed E-state index contributed by atoms with van der Waals surface area (Å²) >= 11 is 0. The highest BCUT2D eigenvalue weighted by Gasteiger charge is 2.26. The van der Waals surface area contributed by atoms with Crippen LogP contribution in [0.1, 0.15) is 29.0 Å². The van der Waals surface area contributed by atoms with Gasteiger partial charge in [-0.2, -0.15) is 0 Å². The summed E-state index contributed by atoms with van der Waals surface area (Å²) in [6.45, 7) is 4.65. The van der Waals surface area contributed by atoms with Crippen molar-refractivity contribution in [2.75, 3.05) is 13.1 Å². The van der Waals surface area contributed by atoms with E-state index in [4.69, 9.17) is 0 Å². The van der Waals surface area contributed by atoms with Gasteiger partial charge in [-0.15, -0.1) is 0 Å². The molecule has 4 rings (SSSR count). The molecule has 1 fully saturated rings. The molecule has 0 aliphatic carbocycles. The lowest BCUT2D eigenvalue weighted by atomic mass is 9.97. The van der Waals surface area contributed by atoms with Crippen LogP contribution in [-0.2, 0) is 13.6 Å². The highest BCUT2D eigenvalue weighted by atomic mass is 16.2. The summed E-state index contributed by atoms with van der Waals surface area (Å²) in [4.78, 5) is 19.5. The molecule has 1 amide bonds. The van der Waals surface area contributed by atoms with E-state index in [2.05, 4.69) is 28.6 Å². The average molecular weight is 362 g/mol. The van der Waals surface area contributed by atoms with Gasteiger partial charge in [-0.3, -0.25) is 4.79 Å². The summed E-state index contributed by atoms with van der Waals surface area (Å²) in [6, 6.07) is 14.1. The molecule has 1 atom stereocenters. The van der Waals surface area contributed by atoms with Gasteiger partial charge in [-0.1, -0.05) is 30.3 Å². The van der Waals surface area contributed by atoms with E-state index in [0.29, 0.717) is 5.92 Å². The van der Waals surface area contributed by atoms with Crippen molar-refractivity contribution in [3.8, 4) is 11.4 Å². The molecule has 0 N–H and O–H groups in total. The molecular weight excluding hydrogens is 336 g/mol. The zero-order valence-electron chi connectivity index (χ0n) is 16.0.